The summed E-state index contributed by atoms with van der Waals surface area (Å²) in [6, 6.07) is 0.399. The minimum atomic E-state index is -0.163. The number of hydrogen-bond donors (Lipinski definition) is 0. The van der Waals surface area contributed by atoms with Gasteiger partial charge < -0.3 is 9.30 Å². The van der Waals surface area contributed by atoms with Crippen LogP contribution in [-0.2, 0) is 9.53 Å². The first-order chi connectivity index (χ1) is 8.20. The van der Waals surface area contributed by atoms with Gasteiger partial charge in [0.1, 0.15) is 0 Å². The number of ether oxygens (including phenoxy) is 1. The summed E-state index contributed by atoms with van der Waals surface area (Å²) in [7, 11) is 1.43. The van der Waals surface area contributed by atoms with Crippen molar-refractivity contribution >= 4 is 5.97 Å². The van der Waals surface area contributed by atoms with Crippen LogP contribution in [0, 0.1) is 5.92 Å². The first-order valence-corrected chi connectivity index (χ1v) is 5.97. The van der Waals surface area contributed by atoms with Crippen molar-refractivity contribution in [3.8, 4) is 0 Å². The van der Waals surface area contributed by atoms with Crippen molar-refractivity contribution in [2.75, 3.05) is 26.7 Å². The zero-order chi connectivity index (χ0) is 12.3. The normalized spacial score (nSPS) is 25.8. The molecule has 1 aliphatic rings. The highest BCUT2D eigenvalue weighted by Crippen LogP contribution is 2.27. The van der Waals surface area contributed by atoms with E-state index < -0.39 is 0 Å². The maximum Gasteiger partial charge on any atom is 0.319 e. The Balaban J connectivity index is 1.99. The van der Waals surface area contributed by atoms with E-state index in [1.54, 1.807) is 6.20 Å². The number of imidazole rings is 1. The summed E-state index contributed by atoms with van der Waals surface area (Å²) in [5.41, 5.74) is 0. The topological polar surface area (TPSA) is 47.4 Å². The summed E-state index contributed by atoms with van der Waals surface area (Å²) >= 11 is 0. The van der Waals surface area contributed by atoms with E-state index in [1.165, 1.54) is 7.11 Å². The van der Waals surface area contributed by atoms with Gasteiger partial charge in [-0.2, -0.15) is 0 Å². The lowest BCUT2D eigenvalue weighted by molar-refractivity contribution is -0.142. The lowest BCUT2D eigenvalue weighted by Crippen LogP contribution is -2.43. The van der Waals surface area contributed by atoms with E-state index in [9.17, 15) is 4.79 Å². The van der Waals surface area contributed by atoms with Gasteiger partial charge in [0.05, 0.1) is 20.0 Å². The molecule has 0 aliphatic carbocycles. The second-order valence-electron chi connectivity index (χ2n) is 4.65. The van der Waals surface area contributed by atoms with Gasteiger partial charge in [-0.15, -0.1) is 0 Å². The number of nitrogens with zero attached hydrogens (tertiary/aromatic N) is 3. The van der Waals surface area contributed by atoms with E-state index in [0.717, 1.165) is 19.5 Å². The smallest absolute Gasteiger partial charge is 0.319 e. The summed E-state index contributed by atoms with van der Waals surface area (Å²) < 4.78 is 6.84. The first kappa shape index (κ1) is 12.1. The molecule has 0 spiro atoms. The molecule has 1 saturated heterocycles. The molecular formula is C12H19N3O2. The lowest BCUT2D eigenvalue weighted by atomic mass is 9.93. The number of rotatable bonds is 3. The van der Waals surface area contributed by atoms with Crippen molar-refractivity contribution in [2.45, 2.75) is 19.4 Å². The minimum Gasteiger partial charge on any atom is -0.468 e. The van der Waals surface area contributed by atoms with Crippen LogP contribution in [0.15, 0.2) is 18.7 Å². The standard InChI is InChI=1S/C12H19N3O2/c1-10-3-5-14(8-12(16)17-2)7-11(10)15-6-4-13-9-15/h4,6,9-11H,3,5,7-8H2,1-2H3/t10-,11+/m1/s1. The molecule has 1 aliphatic heterocycles. The van der Waals surface area contributed by atoms with Gasteiger partial charge in [0, 0.05) is 25.0 Å². The van der Waals surface area contributed by atoms with E-state index >= 15 is 0 Å². The van der Waals surface area contributed by atoms with Gasteiger partial charge in [0.2, 0.25) is 0 Å². The van der Waals surface area contributed by atoms with Gasteiger partial charge in [-0.25, -0.2) is 4.98 Å². The Labute approximate surface area is 101 Å². The molecule has 0 radical (unpaired) electrons. The van der Waals surface area contributed by atoms with Crippen LogP contribution in [0.3, 0.4) is 0 Å². The molecule has 5 heteroatoms. The van der Waals surface area contributed by atoms with Gasteiger partial charge in [-0.1, -0.05) is 6.92 Å². The van der Waals surface area contributed by atoms with Crippen LogP contribution in [0.25, 0.3) is 0 Å². The van der Waals surface area contributed by atoms with Crippen molar-refractivity contribution in [3.05, 3.63) is 18.7 Å². The number of hydrogen-bond acceptors (Lipinski definition) is 4. The van der Waals surface area contributed by atoms with E-state index in [-0.39, 0.29) is 5.97 Å². The summed E-state index contributed by atoms with van der Waals surface area (Å²) in [6.07, 6.45) is 6.73. The summed E-state index contributed by atoms with van der Waals surface area (Å²) in [6.45, 7) is 4.47. The maximum atomic E-state index is 11.3. The van der Waals surface area contributed by atoms with Crippen LogP contribution in [0.4, 0.5) is 0 Å². The van der Waals surface area contributed by atoms with Crippen LogP contribution in [0.5, 0.6) is 0 Å². The quantitative estimate of drug-likeness (QED) is 0.734. The molecule has 2 atom stereocenters. The van der Waals surface area contributed by atoms with Crippen LogP contribution in [0.2, 0.25) is 0 Å². The fourth-order valence-electron chi connectivity index (χ4n) is 2.36. The third-order valence-electron chi connectivity index (χ3n) is 3.49. The fourth-order valence-corrected chi connectivity index (χ4v) is 2.36. The number of carbonyl (C=O) groups excluding carboxylic acids is 1. The van der Waals surface area contributed by atoms with Gasteiger partial charge in [0.25, 0.3) is 0 Å². The molecule has 1 aromatic rings. The highest BCUT2D eigenvalue weighted by molar-refractivity contribution is 5.71. The zero-order valence-electron chi connectivity index (χ0n) is 10.4. The molecule has 0 bridgehead atoms. The Hall–Kier alpha value is -1.36. The average Bonchev–Trinajstić information content (AvgIpc) is 2.85. The Morgan fingerprint density at radius 2 is 2.41 bits per heavy atom. The molecule has 2 rings (SSSR count). The predicted molar refractivity (Wildman–Crippen MR) is 63.5 cm³/mol. The Morgan fingerprint density at radius 3 is 3.06 bits per heavy atom. The first-order valence-electron chi connectivity index (χ1n) is 5.97. The van der Waals surface area contributed by atoms with Crippen molar-refractivity contribution < 1.29 is 9.53 Å². The highest BCUT2D eigenvalue weighted by Gasteiger charge is 2.28. The molecular weight excluding hydrogens is 218 g/mol. The molecule has 1 aromatic heterocycles. The van der Waals surface area contributed by atoms with E-state index in [4.69, 9.17) is 4.74 Å². The molecule has 0 N–H and O–H groups in total. The van der Waals surface area contributed by atoms with Gasteiger partial charge in [0.15, 0.2) is 0 Å². The van der Waals surface area contributed by atoms with E-state index in [2.05, 4.69) is 21.4 Å². The minimum absolute atomic E-state index is 0.163. The molecule has 5 nitrogen and oxygen atoms in total. The summed E-state index contributed by atoms with van der Waals surface area (Å²) in [4.78, 5) is 17.5. The third-order valence-corrected chi connectivity index (χ3v) is 3.49. The lowest BCUT2D eigenvalue weighted by Gasteiger charge is -2.37. The number of piperidine rings is 1. The molecule has 0 aromatic carbocycles. The fraction of sp³-hybridized carbons (Fsp3) is 0.667. The van der Waals surface area contributed by atoms with Crippen LogP contribution in [0.1, 0.15) is 19.4 Å². The number of methoxy groups -OCH3 is 1. The van der Waals surface area contributed by atoms with Gasteiger partial charge in [-0.05, 0) is 18.9 Å². The molecule has 94 valence electrons. The predicted octanol–water partition coefficient (Wildman–Crippen LogP) is 0.939. The Kier molecular flexibility index (Phi) is 3.78. The van der Waals surface area contributed by atoms with Gasteiger partial charge >= 0.3 is 5.97 Å². The monoisotopic (exact) mass is 237 g/mol. The second kappa shape index (κ2) is 5.31. The van der Waals surface area contributed by atoms with Crippen molar-refractivity contribution in [2.24, 2.45) is 5.92 Å². The Morgan fingerprint density at radius 1 is 1.59 bits per heavy atom. The molecule has 0 saturated carbocycles. The van der Waals surface area contributed by atoms with Crippen LogP contribution < -0.4 is 0 Å². The largest absolute Gasteiger partial charge is 0.468 e. The number of carbonyl (C=O) groups is 1. The molecule has 2 heterocycles. The number of esters is 1. The number of aromatic nitrogens is 2. The summed E-state index contributed by atoms with van der Waals surface area (Å²) in [5.74, 6) is 0.446. The van der Waals surface area contributed by atoms with E-state index in [0.29, 0.717) is 18.5 Å². The molecule has 0 unspecified atom stereocenters. The van der Waals surface area contributed by atoms with Crippen LogP contribution in [-0.4, -0.2) is 47.2 Å². The van der Waals surface area contributed by atoms with Crippen molar-refractivity contribution in [3.63, 3.8) is 0 Å². The van der Waals surface area contributed by atoms with E-state index in [1.807, 2.05) is 12.5 Å². The maximum absolute atomic E-state index is 11.3. The molecule has 17 heavy (non-hydrogen) atoms. The second-order valence-corrected chi connectivity index (χ2v) is 4.65. The SMILES string of the molecule is COC(=O)CN1CC[C@@H](C)[C@@H](n2ccnc2)C1. The van der Waals surface area contributed by atoms with Crippen LogP contribution >= 0.6 is 0 Å². The van der Waals surface area contributed by atoms with Crippen molar-refractivity contribution in [1.29, 1.82) is 0 Å². The third kappa shape index (κ3) is 2.85. The zero-order valence-corrected chi connectivity index (χ0v) is 10.4. The molecule has 0 amide bonds. The summed E-state index contributed by atoms with van der Waals surface area (Å²) in [5, 5.41) is 0. The number of likely N-dealkylation sites (tertiary alicyclic amines) is 1. The Bertz CT molecular complexity index is 364. The highest BCUT2D eigenvalue weighted by atomic mass is 16.5. The molecule has 1 fully saturated rings. The van der Waals surface area contributed by atoms with Gasteiger partial charge in [-0.3, -0.25) is 9.69 Å². The van der Waals surface area contributed by atoms with Crippen molar-refractivity contribution in [1.82, 2.24) is 14.5 Å². The average molecular weight is 237 g/mol.